The number of carbonyl (C=O) groups is 2. The highest BCUT2D eigenvalue weighted by atomic mass is 16.2. The van der Waals surface area contributed by atoms with E-state index < -0.39 is 0 Å². The van der Waals surface area contributed by atoms with Gasteiger partial charge in [0, 0.05) is 35.8 Å². The van der Waals surface area contributed by atoms with Crippen molar-refractivity contribution in [3.8, 4) is 0 Å². The number of hydrogen-bond acceptors (Lipinski definition) is 3. The Hall–Kier alpha value is -1.88. The number of rotatable bonds is 5. The van der Waals surface area contributed by atoms with Crippen LogP contribution in [0.4, 0.5) is 11.4 Å². The Morgan fingerprint density at radius 2 is 1.75 bits per heavy atom. The van der Waals surface area contributed by atoms with Crippen molar-refractivity contribution in [3.05, 3.63) is 24.3 Å². The molecule has 2 atom stereocenters. The van der Waals surface area contributed by atoms with Gasteiger partial charge in [0.15, 0.2) is 0 Å². The molecule has 0 aromatic heterocycles. The van der Waals surface area contributed by atoms with E-state index in [4.69, 9.17) is 0 Å². The molecule has 1 aromatic rings. The van der Waals surface area contributed by atoms with Crippen molar-refractivity contribution in [1.29, 1.82) is 0 Å². The summed E-state index contributed by atoms with van der Waals surface area (Å²) in [7, 11) is 0. The summed E-state index contributed by atoms with van der Waals surface area (Å²) in [6, 6.07) is 8.56. The molecule has 3 N–H and O–H groups in total. The molecular formula is C19H27N3O2. The molecule has 0 radical (unpaired) electrons. The Balaban J connectivity index is 1.53. The monoisotopic (exact) mass is 329 g/mol. The molecule has 2 amide bonds. The SMILES string of the molecule is CC(C)C(=O)Nc1cccc(NC(=O)CC2CC3CCC(C2)N3)c1. The average Bonchev–Trinajstić information content (AvgIpc) is 2.86. The van der Waals surface area contributed by atoms with Gasteiger partial charge in [0.2, 0.25) is 11.8 Å². The highest BCUT2D eigenvalue weighted by molar-refractivity contribution is 5.94. The molecule has 2 fully saturated rings. The quantitative estimate of drug-likeness (QED) is 0.777. The van der Waals surface area contributed by atoms with Gasteiger partial charge in [0.1, 0.15) is 0 Å². The van der Waals surface area contributed by atoms with Crippen LogP contribution in [0.1, 0.15) is 46.0 Å². The molecule has 2 aliphatic rings. The maximum atomic E-state index is 12.3. The molecule has 5 heteroatoms. The predicted molar refractivity (Wildman–Crippen MR) is 95.8 cm³/mol. The molecule has 0 spiro atoms. The third-order valence-corrected chi connectivity index (χ3v) is 4.98. The molecule has 2 heterocycles. The van der Waals surface area contributed by atoms with Crippen LogP contribution in [0, 0.1) is 11.8 Å². The number of benzene rings is 1. The Morgan fingerprint density at radius 1 is 1.12 bits per heavy atom. The number of hydrogen-bond donors (Lipinski definition) is 3. The van der Waals surface area contributed by atoms with Crippen molar-refractivity contribution in [2.45, 2.75) is 58.0 Å². The molecule has 0 aliphatic carbocycles. The van der Waals surface area contributed by atoms with Gasteiger partial charge < -0.3 is 16.0 Å². The fourth-order valence-electron chi connectivity index (χ4n) is 3.78. The van der Waals surface area contributed by atoms with Crippen molar-refractivity contribution in [2.24, 2.45) is 11.8 Å². The van der Waals surface area contributed by atoms with Gasteiger partial charge in [-0.25, -0.2) is 0 Å². The van der Waals surface area contributed by atoms with E-state index in [0.29, 0.717) is 30.1 Å². The lowest BCUT2D eigenvalue weighted by Gasteiger charge is -2.28. The summed E-state index contributed by atoms with van der Waals surface area (Å²) in [5.74, 6) is 0.448. The fraction of sp³-hybridized carbons (Fsp3) is 0.579. The standard InChI is InChI=1S/C19H27N3O2/c1-12(2)19(24)22-15-5-3-4-14(11-15)21-18(23)10-13-8-16-6-7-17(9-13)20-16/h3-5,11-13,16-17,20H,6-10H2,1-2H3,(H,21,23)(H,22,24). The largest absolute Gasteiger partial charge is 0.326 e. The number of amides is 2. The molecule has 130 valence electrons. The second-order valence-corrected chi connectivity index (χ2v) is 7.45. The minimum atomic E-state index is -0.0708. The molecule has 24 heavy (non-hydrogen) atoms. The van der Waals surface area contributed by atoms with E-state index in [1.807, 2.05) is 38.1 Å². The number of carbonyl (C=O) groups excluding carboxylic acids is 2. The number of nitrogens with one attached hydrogen (secondary N) is 3. The third-order valence-electron chi connectivity index (χ3n) is 4.98. The molecule has 2 saturated heterocycles. The van der Waals surface area contributed by atoms with Gasteiger partial charge in [-0.05, 0) is 49.8 Å². The topological polar surface area (TPSA) is 70.2 Å². The minimum Gasteiger partial charge on any atom is -0.326 e. The molecule has 2 aliphatic heterocycles. The van der Waals surface area contributed by atoms with Crippen LogP contribution in [0.2, 0.25) is 0 Å². The highest BCUT2D eigenvalue weighted by Crippen LogP contribution is 2.32. The van der Waals surface area contributed by atoms with E-state index in [9.17, 15) is 9.59 Å². The highest BCUT2D eigenvalue weighted by Gasteiger charge is 2.34. The van der Waals surface area contributed by atoms with Gasteiger partial charge in [-0.3, -0.25) is 9.59 Å². The maximum absolute atomic E-state index is 12.3. The van der Waals surface area contributed by atoms with Gasteiger partial charge >= 0.3 is 0 Å². The lowest BCUT2D eigenvalue weighted by atomic mass is 9.89. The van der Waals surface area contributed by atoms with E-state index >= 15 is 0 Å². The van der Waals surface area contributed by atoms with E-state index in [-0.39, 0.29) is 17.7 Å². The molecule has 1 aromatic carbocycles. The summed E-state index contributed by atoms with van der Waals surface area (Å²) < 4.78 is 0. The first-order valence-electron chi connectivity index (χ1n) is 8.96. The van der Waals surface area contributed by atoms with E-state index in [2.05, 4.69) is 16.0 Å². The van der Waals surface area contributed by atoms with Crippen LogP contribution in [-0.2, 0) is 9.59 Å². The first-order chi connectivity index (χ1) is 11.5. The molecule has 2 bridgehead atoms. The summed E-state index contributed by atoms with van der Waals surface area (Å²) >= 11 is 0. The lowest BCUT2D eigenvalue weighted by molar-refractivity contribution is -0.119. The lowest BCUT2D eigenvalue weighted by Crippen LogP contribution is -2.39. The van der Waals surface area contributed by atoms with Crippen molar-refractivity contribution < 1.29 is 9.59 Å². The Labute approximate surface area is 143 Å². The van der Waals surface area contributed by atoms with E-state index in [0.717, 1.165) is 18.5 Å². The van der Waals surface area contributed by atoms with E-state index in [1.54, 1.807) is 0 Å². The van der Waals surface area contributed by atoms with Crippen LogP contribution in [0.25, 0.3) is 0 Å². The van der Waals surface area contributed by atoms with Gasteiger partial charge in [-0.1, -0.05) is 19.9 Å². The summed E-state index contributed by atoms with van der Waals surface area (Å²) in [4.78, 5) is 24.1. The zero-order chi connectivity index (χ0) is 17.1. The van der Waals surface area contributed by atoms with Crippen molar-refractivity contribution in [2.75, 3.05) is 10.6 Å². The molecule has 5 nitrogen and oxygen atoms in total. The van der Waals surface area contributed by atoms with Crippen LogP contribution in [0.15, 0.2) is 24.3 Å². The second-order valence-electron chi connectivity index (χ2n) is 7.45. The first-order valence-corrected chi connectivity index (χ1v) is 8.96. The third kappa shape index (κ3) is 4.35. The van der Waals surface area contributed by atoms with Crippen molar-refractivity contribution in [1.82, 2.24) is 5.32 Å². The summed E-state index contributed by atoms with van der Waals surface area (Å²) in [6.45, 7) is 3.71. The van der Waals surface area contributed by atoms with Gasteiger partial charge in [0.25, 0.3) is 0 Å². The Morgan fingerprint density at radius 3 is 2.38 bits per heavy atom. The van der Waals surface area contributed by atoms with Crippen LogP contribution >= 0.6 is 0 Å². The van der Waals surface area contributed by atoms with Gasteiger partial charge in [0.05, 0.1) is 0 Å². The predicted octanol–water partition coefficient (Wildman–Crippen LogP) is 3.14. The fourth-order valence-corrected chi connectivity index (χ4v) is 3.78. The second kappa shape index (κ2) is 7.34. The normalized spacial score (nSPS) is 25.5. The van der Waals surface area contributed by atoms with Crippen LogP contribution < -0.4 is 16.0 Å². The smallest absolute Gasteiger partial charge is 0.226 e. The maximum Gasteiger partial charge on any atom is 0.226 e. The average molecular weight is 329 g/mol. The zero-order valence-electron chi connectivity index (χ0n) is 14.5. The number of piperidine rings is 1. The van der Waals surface area contributed by atoms with Crippen LogP contribution in [0.5, 0.6) is 0 Å². The zero-order valence-corrected chi connectivity index (χ0v) is 14.5. The molecule has 0 saturated carbocycles. The minimum absolute atomic E-state index is 0.0244. The van der Waals surface area contributed by atoms with Crippen LogP contribution in [0.3, 0.4) is 0 Å². The molecule has 2 unspecified atom stereocenters. The summed E-state index contributed by atoms with van der Waals surface area (Å²) in [5, 5.41) is 9.44. The first kappa shape index (κ1) is 17.0. The van der Waals surface area contributed by atoms with Crippen molar-refractivity contribution >= 4 is 23.2 Å². The summed E-state index contributed by atoms with van der Waals surface area (Å²) in [6.07, 6.45) is 5.29. The number of fused-ring (bicyclic) bond motifs is 2. The van der Waals surface area contributed by atoms with E-state index in [1.165, 1.54) is 12.8 Å². The molecule has 3 rings (SSSR count). The van der Waals surface area contributed by atoms with Gasteiger partial charge in [-0.15, -0.1) is 0 Å². The number of anilines is 2. The summed E-state index contributed by atoms with van der Waals surface area (Å²) in [5.41, 5.74) is 1.45. The van der Waals surface area contributed by atoms with Crippen LogP contribution in [-0.4, -0.2) is 23.9 Å². The Kier molecular flexibility index (Phi) is 5.19. The van der Waals surface area contributed by atoms with Gasteiger partial charge in [-0.2, -0.15) is 0 Å². The van der Waals surface area contributed by atoms with Crippen molar-refractivity contribution in [3.63, 3.8) is 0 Å². The Bertz CT molecular complexity index is 602. The molecular weight excluding hydrogens is 302 g/mol.